The highest BCUT2D eigenvalue weighted by molar-refractivity contribution is 6.33. The number of hydrogen-bond acceptors (Lipinski definition) is 6. The molecule has 2 aromatic rings. The average Bonchev–Trinajstić information content (AvgIpc) is 3.52. The van der Waals surface area contributed by atoms with E-state index in [1.54, 1.807) is 30.3 Å². The van der Waals surface area contributed by atoms with E-state index in [1.807, 2.05) is 12.2 Å². The standard InChI is InChI=1S/C22H17ClN2O5/c1-29-22(28)13-4-6-16(23)15(9-13)17-7-5-14(30-17)10-24-25-20(26)18-11-2-3-12(8-11)19(18)21(25)27/h2-7,9-12,18-19H,8H2,1H3. The number of imide groups is 1. The number of methoxy groups -OCH3 is 1. The lowest BCUT2D eigenvalue weighted by Gasteiger charge is -2.13. The van der Waals surface area contributed by atoms with Crippen molar-refractivity contribution in [3.8, 4) is 11.3 Å². The molecule has 0 spiro atoms. The van der Waals surface area contributed by atoms with Gasteiger partial charge in [0.25, 0.3) is 11.8 Å². The first-order chi connectivity index (χ1) is 14.5. The van der Waals surface area contributed by atoms with Gasteiger partial charge in [0.05, 0.1) is 35.7 Å². The molecule has 8 heteroatoms. The summed E-state index contributed by atoms with van der Waals surface area (Å²) in [5.41, 5.74) is 0.858. The van der Waals surface area contributed by atoms with Crippen molar-refractivity contribution in [1.29, 1.82) is 0 Å². The Morgan fingerprint density at radius 2 is 1.87 bits per heavy atom. The van der Waals surface area contributed by atoms with Crippen LogP contribution in [0.5, 0.6) is 0 Å². The molecule has 1 aromatic heterocycles. The van der Waals surface area contributed by atoms with Gasteiger partial charge in [0, 0.05) is 5.56 Å². The Balaban J connectivity index is 1.37. The van der Waals surface area contributed by atoms with Gasteiger partial charge in [-0.3, -0.25) is 9.59 Å². The molecule has 1 saturated carbocycles. The van der Waals surface area contributed by atoms with Crippen LogP contribution in [-0.2, 0) is 14.3 Å². The first-order valence-electron chi connectivity index (χ1n) is 9.56. The van der Waals surface area contributed by atoms with Crippen molar-refractivity contribution in [2.75, 3.05) is 7.11 Å². The summed E-state index contributed by atoms with van der Waals surface area (Å²) in [6.07, 6.45) is 6.29. The first-order valence-corrected chi connectivity index (χ1v) is 9.94. The third-order valence-corrected chi connectivity index (χ3v) is 6.36. The van der Waals surface area contributed by atoms with Crippen molar-refractivity contribution in [2.45, 2.75) is 6.42 Å². The van der Waals surface area contributed by atoms with Gasteiger partial charge in [-0.1, -0.05) is 23.8 Å². The summed E-state index contributed by atoms with van der Waals surface area (Å²) in [6.45, 7) is 0. The molecule has 3 aliphatic rings. The molecule has 1 aliphatic heterocycles. The normalized spacial score (nSPS) is 26.8. The molecular weight excluding hydrogens is 408 g/mol. The summed E-state index contributed by atoms with van der Waals surface area (Å²) in [5, 5.41) is 5.47. The van der Waals surface area contributed by atoms with E-state index >= 15 is 0 Å². The second kappa shape index (κ2) is 6.95. The Hall–Kier alpha value is -3.19. The predicted molar refractivity (Wildman–Crippen MR) is 108 cm³/mol. The second-order valence-corrected chi connectivity index (χ2v) is 8.03. The maximum Gasteiger partial charge on any atom is 0.337 e. The molecule has 152 valence electrons. The number of halogens is 1. The monoisotopic (exact) mass is 424 g/mol. The van der Waals surface area contributed by atoms with E-state index in [0.717, 1.165) is 11.4 Å². The summed E-state index contributed by atoms with van der Waals surface area (Å²) in [4.78, 5) is 37.1. The molecule has 7 nitrogen and oxygen atoms in total. The Labute approximate surface area is 176 Å². The number of ether oxygens (including phenoxy) is 1. The maximum atomic E-state index is 12.7. The zero-order valence-corrected chi connectivity index (χ0v) is 16.7. The first kappa shape index (κ1) is 18.8. The van der Waals surface area contributed by atoms with Gasteiger partial charge in [-0.15, -0.1) is 0 Å². The summed E-state index contributed by atoms with van der Waals surface area (Å²) in [6, 6.07) is 8.05. The summed E-state index contributed by atoms with van der Waals surface area (Å²) >= 11 is 6.25. The predicted octanol–water partition coefficient (Wildman–Crippen LogP) is 3.53. The van der Waals surface area contributed by atoms with E-state index in [4.69, 9.17) is 20.8 Å². The van der Waals surface area contributed by atoms with Crippen molar-refractivity contribution >= 4 is 35.6 Å². The third kappa shape index (κ3) is 2.81. The van der Waals surface area contributed by atoms with Gasteiger partial charge in [0.15, 0.2) is 0 Å². The molecule has 0 N–H and O–H groups in total. The lowest BCUT2D eigenvalue weighted by molar-refractivity contribution is -0.140. The number of nitrogens with zero attached hydrogens (tertiary/aromatic N) is 2. The van der Waals surface area contributed by atoms with Gasteiger partial charge in [-0.2, -0.15) is 10.1 Å². The van der Waals surface area contributed by atoms with Crippen LogP contribution in [0.3, 0.4) is 0 Å². The smallest absolute Gasteiger partial charge is 0.337 e. The van der Waals surface area contributed by atoms with E-state index in [2.05, 4.69) is 5.10 Å². The molecule has 4 unspecified atom stereocenters. The van der Waals surface area contributed by atoms with E-state index in [9.17, 15) is 14.4 Å². The minimum Gasteiger partial charge on any atom is -0.465 e. The van der Waals surface area contributed by atoms with Crippen LogP contribution >= 0.6 is 11.6 Å². The number of esters is 1. The SMILES string of the molecule is COC(=O)c1ccc(Cl)c(-c2ccc(C=NN3C(=O)C4C5C=CC(C5)C4C3=O)o2)c1. The Morgan fingerprint density at radius 1 is 1.17 bits per heavy atom. The third-order valence-electron chi connectivity index (χ3n) is 6.03. The average molecular weight is 425 g/mol. The Bertz CT molecular complexity index is 1100. The lowest BCUT2D eigenvalue weighted by Crippen LogP contribution is -2.28. The fourth-order valence-corrected chi connectivity index (χ4v) is 4.85. The second-order valence-electron chi connectivity index (χ2n) is 7.62. The number of carbonyl (C=O) groups is 3. The van der Waals surface area contributed by atoms with Crippen molar-refractivity contribution in [1.82, 2.24) is 5.01 Å². The van der Waals surface area contributed by atoms with Crippen molar-refractivity contribution < 1.29 is 23.5 Å². The minimum absolute atomic E-state index is 0.135. The zero-order valence-electron chi connectivity index (χ0n) is 15.9. The number of benzene rings is 1. The molecule has 0 radical (unpaired) electrons. The molecule has 2 amide bonds. The van der Waals surface area contributed by atoms with Crippen LogP contribution in [0.15, 0.2) is 52.0 Å². The highest BCUT2D eigenvalue weighted by Gasteiger charge is 2.59. The molecule has 1 aromatic carbocycles. The molecule has 2 bridgehead atoms. The van der Waals surface area contributed by atoms with Gasteiger partial charge in [-0.05, 0) is 48.6 Å². The quantitative estimate of drug-likeness (QED) is 0.324. The van der Waals surface area contributed by atoms with Crippen LogP contribution in [0, 0.1) is 23.7 Å². The van der Waals surface area contributed by atoms with Crippen LogP contribution in [-0.4, -0.2) is 36.1 Å². The number of amides is 2. The summed E-state index contributed by atoms with van der Waals surface area (Å²) in [5.74, 6) is -0.534. The zero-order chi connectivity index (χ0) is 21.0. The molecule has 2 fully saturated rings. The van der Waals surface area contributed by atoms with E-state index in [1.165, 1.54) is 13.3 Å². The van der Waals surface area contributed by atoms with Crippen molar-refractivity contribution in [2.24, 2.45) is 28.8 Å². The van der Waals surface area contributed by atoms with Gasteiger partial charge >= 0.3 is 5.97 Å². The van der Waals surface area contributed by atoms with Crippen LogP contribution in [0.1, 0.15) is 22.5 Å². The van der Waals surface area contributed by atoms with Crippen LogP contribution in [0.4, 0.5) is 0 Å². The van der Waals surface area contributed by atoms with Crippen LogP contribution < -0.4 is 0 Å². The topological polar surface area (TPSA) is 89.2 Å². The van der Waals surface area contributed by atoms with Crippen molar-refractivity contribution in [3.05, 3.63) is 58.8 Å². The van der Waals surface area contributed by atoms with E-state index in [0.29, 0.717) is 27.7 Å². The lowest BCUT2D eigenvalue weighted by atomic mass is 9.85. The molecule has 4 atom stereocenters. The number of allylic oxidation sites excluding steroid dienone is 2. The molecule has 5 rings (SSSR count). The van der Waals surface area contributed by atoms with Gasteiger partial charge in [-0.25, -0.2) is 4.79 Å². The molecule has 30 heavy (non-hydrogen) atoms. The van der Waals surface area contributed by atoms with E-state index in [-0.39, 0.29) is 35.5 Å². The highest BCUT2D eigenvalue weighted by atomic mass is 35.5. The van der Waals surface area contributed by atoms with Crippen LogP contribution in [0.25, 0.3) is 11.3 Å². The molecule has 2 heterocycles. The molecule has 1 saturated heterocycles. The number of fused-ring (bicyclic) bond motifs is 5. The van der Waals surface area contributed by atoms with E-state index < -0.39 is 5.97 Å². The Morgan fingerprint density at radius 3 is 2.53 bits per heavy atom. The van der Waals surface area contributed by atoms with Gasteiger partial charge in [0.2, 0.25) is 0 Å². The summed E-state index contributed by atoms with van der Waals surface area (Å²) < 4.78 is 10.5. The number of furan rings is 1. The number of hydrogen-bond donors (Lipinski definition) is 0. The number of rotatable bonds is 4. The van der Waals surface area contributed by atoms with Crippen molar-refractivity contribution in [3.63, 3.8) is 0 Å². The fourth-order valence-electron chi connectivity index (χ4n) is 4.64. The van der Waals surface area contributed by atoms with Gasteiger partial charge in [0.1, 0.15) is 11.5 Å². The summed E-state index contributed by atoms with van der Waals surface area (Å²) in [7, 11) is 1.30. The minimum atomic E-state index is -0.485. The fraction of sp³-hybridized carbons (Fsp3) is 0.273. The molecular formula is C22H17ClN2O5. The highest BCUT2D eigenvalue weighted by Crippen LogP contribution is 2.52. The van der Waals surface area contributed by atoms with Crippen LogP contribution in [0.2, 0.25) is 5.02 Å². The van der Waals surface area contributed by atoms with Gasteiger partial charge < -0.3 is 9.15 Å². The Kier molecular flexibility index (Phi) is 4.36. The molecule has 2 aliphatic carbocycles. The number of carbonyl (C=O) groups excluding carboxylic acids is 3. The maximum absolute atomic E-state index is 12.7. The largest absolute Gasteiger partial charge is 0.465 e. The number of hydrazone groups is 1.